The maximum absolute atomic E-state index is 11.4. The van der Waals surface area contributed by atoms with Crippen LogP contribution in [0.5, 0.6) is 5.75 Å². The van der Waals surface area contributed by atoms with E-state index in [0.717, 1.165) is 0 Å². The third-order valence-electron chi connectivity index (χ3n) is 2.61. The van der Waals surface area contributed by atoms with Crippen molar-refractivity contribution < 1.29 is 19.1 Å². The van der Waals surface area contributed by atoms with Crippen LogP contribution in [0.25, 0.3) is 0 Å². The van der Waals surface area contributed by atoms with Gasteiger partial charge in [-0.15, -0.1) is 0 Å². The highest BCUT2D eigenvalue weighted by atomic mass is 16.5. The van der Waals surface area contributed by atoms with Gasteiger partial charge < -0.3 is 14.8 Å². The van der Waals surface area contributed by atoms with Crippen LogP contribution in [0.3, 0.4) is 0 Å². The van der Waals surface area contributed by atoms with Crippen molar-refractivity contribution in [3.8, 4) is 5.75 Å². The summed E-state index contributed by atoms with van der Waals surface area (Å²) in [6.45, 7) is 5.30. The molecule has 0 fully saturated rings. The summed E-state index contributed by atoms with van der Waals surface area (Å²) in [5.41, 5.74) is 0.582. The molecule has 0 aromatic heterocycles. The minimum atomic E-state index is -0.206. The highest BCUT2D eigenvalue weighted by molar-refractivity contribution is 5.96. The first-order valence-corrected chi connectivity index (χ1v) is 6.74. The first-order chi connectivity index (χ1) is 9.65. The summed E-state index contributed by atoms with van der Waals surface area (Å²) in [7, 11) is 0. The Bertz CT molecular complexity index is 445. The van der Waals surface area contributed by atoms with E-state index in [2.05, 4.69) is 5.32 Å². The molecule has 5 heteroatoms. The number of rotatable bonds is 9. The van der Waals surface area contributed by atoms with Crippen molar-refractivity contribution >= 4 is 11.8 Å². The number of hydrogen-bond donors (Lipinski definition) is 1. The number of esters is 1. The second-order valence-electron chi connectivity index (χ2n) is 4.21. The summed E-state index contributed by atoms with van der Waals surface area (Å²) in [6, 6.07) is 7.15. The number of Topliss-reactive ketones (excluding diaryl/α,β-unsaturated/α-hetero) is 1. The summed E-state index contributed by atoms with van der Waals surface area (Å²) in [4.78, 5) is 22.5. The van der Waals surface area contributed by atoms with Crippen molar-refractivity contribution in [3.63, 3.8) is 0 Å². The largest absolute Gasteiger partial charge is 0.492 e. The zero-order chi connectivity index (χ0) is 14.8. The number of para-hydroxylation sites is 1. The molecule has 1 aromatic rings. The van der Waals surface area contributed by atoms with Gasteiger partial charge in [0.2, 0.25) is 0 Å². The minimum absolute atomic E-state index is 0.0177. The van der Waals surface area contributed by atoms with Crippen LogP contribution >= 0.6 is 0 Å². The standard InChI is InChI=1S/C15H21NO4/c1-3-19-15(18)8-9-16-10-11-20-14-7-5-4-6-13(14)12(2)17/h4-7,16H,3,8-11H2,1-2H3. The molecular weight excluding hydrogens is 258 g/mol. The van der Waals surface area contributed by atoms with Crippen LogP contribution < -0.4 is 10.1 Å². The third-order valence-corrected chi connectivity index (χ3v) is 2.61. The zero-order valence-corrected chi connectivity index (χ0v) is 12.0. The number of hydrogen-bond acceptors (Lipinski definition) is 5. The van der Waals surface area contributed by atoms with Gasteiger partial charge in [-0.05, 0) is 26.0 Å². The number of benzene rings is 1. The maximum Gasteiger partial charge on any atom is 0.307 e. The Morgan fingerprint density at radius 1 is 1.20 bits per heavy atom. The zero-order valence-electron chi connectivity index (χ0n) is 12.0. The SMILES string of the molecule is CCOC(=O)CCNCCOc1ccccc1C(C)=O. The number of nitrogens with one attached hydrogen (secondary N) is 1. The highest BCUT2D eigenvalue weighted by Gasteiger charge is 2.06. The molecule has 0 aliphatic heterocycles. The fourth-order valence-electron chi connectivity index (χ4n) is 1.67. The van der Waals surface area contributed by atoms with E-state index in [1.807, 2.05) is 6.07 Å². The highest BCUT2D eigenvalue weighted by Crippen LogP contribution is 2.17. The molecule has 0 saturated carbocycles. The molecule has 0 radical (unpaired) electrons. The molecular formula is C15H21NO4. The van der Waals surface area contributed by atoms with Gasteiger partial charge in [0.05, 0.1) is 18.6 Å². The van der Waals surface area contributed by atoms with Crippen molar-refractivity contribution in [1.82, 2.24) is 5.32 Å². The van der Waals surface area contributed by atoms with E-state index in [4.69, 9.17) is 9.47 Å². The lowest BCUT2D eigenvalue weighted by molar-refractivity contribution is -0.142. The molecule has 1 rings (SSSR count). The Kier molecular flexibility index (Phi) is 7.35. The maximum atomic E-state index is 11.4. The molecule has 0 spiro atoms. The molecule has 0 aliphatic carbocycles. The van der Waals surface area contributed by atoms with Gasteiger partial charge in [0.15, 0.2) is 5.78 Å². The fraction of sp³-hybridized carbons (Fsp3) is 0.467. The predicted octanol–water partition coefficient (Wildman–Crippen LogP) is 1.81. The topological polar surface area (TPSA) is 64.6 Å². The summed E-state index contributed by atoms with van der Waals surface area (Å²) in [5.74, 6) is 0.367. The van der Waals surface area contributed by atoms with Gasteiger partial charge in [0, 0.05) is 13.1 Å². The van der Waals surface area contributed by atoms with Gasteiger partial charge in [-0.3, -0.25) is 9.59 Å². The average molecular weight is 279 g/mol. The quantitative estimate of drug-likeness (QED) is 0.424. The normalized spacial score (nSPS) is 10.1. The second-order valence-corrected chi connectivity index (χ2v) is 4.21. The van der Waals surface area contributed by atoms with Crippen molar-refractivity contribution in [3.05, 3.63) is 29.8 Å². The van der Waals surface area contributed by atoms with E-state index in [-0.39, 0.29) is 11.8 Å². The Balaban J connectivity index is 2.22. The Hall–Kier alpha value is -1.88. The molecule has 1 N–H and O–H groups in total. The molecule has 0 atom stereocenters. The number of carbonyl (C=O) groups excluding carboxylic acids is 2. The van der Waals surface area contributed by atoms with Gasteiger partial charge in [-0.2, -0.15) is 0 Å². The van der Waals surface area contributed by atoms with Crippen molar-refractivity contribution in [2.24, 2.45) is 0 Å². The van der Waals surface area contributed by atoms with E-state index >= 15 is 0 Å². The predicted molar refractivity (Wildman–Crippen MR) is 76.1 cm³/mol. The average Bonchev–Trinajstić information content (AvgIpc) is 2.43. The molecule has 0 saturated heterocycles. The molecule has 0 heterocycles. The van der Waals surface area contributed by atoms with E-state index in [1.165, 1.54) is 6.92 Å². The molecule has 20 heavy (non-hydrogen) atoms. The first-order valence-electron chi connectivity index (χ1n) is 6.74. The van der Waals surface area contributed by atoms with Crippen LogP contribution in [0.1, 0.15) is 30.6 Å². The van der Waals surface area contributed by atoms with E-state index in [1.54, 1.807) is 25.1 Å². The monoisotopic (exact) mass is 279 g/mol. The lowest BCUT2D eigenvalue weighted by Gasteiger charge is -2.10. The molecule has 1 aromatic carbocycles. The summed E-state index contributed by atoms with van der Waals surface area (Å²) >= 11 is 0. The Morgan fingerprint density at radius 2 is 1.95 bits per heavy atom. The molecule has 5 nitrogen and oxygen atoms in total. The van der Waals surface area contributed by atoms with Crippen molar-refractivity contribution in [2.45, 2.75) is 20.3 Å². The van der Waals surface area contributed by atoms with Gasteiger partial charge in [0.1, 0.15) is 12.4 Å². The van der Waals surface area contributed by atoms with Crippen LogP contribution in [0.15, 0.2) is 24.3 Å². The van der Waals surface area contributed by atoms with Crippen LogP contribution in [0, 0.1) is 0 Å². The minimum Gasteiger partial charge on any atom is -0.492 e. The molecule has 0 aliphatic rings. The van der Waals surface area contributed by atoms with Crippen LogP contribution in [-0.2, 0) is 9.53 Å². The third kappa shape index (κ3) is 5.84. The molecule has 0 bridgehead atoms. The van der Waals surface area contributed by atoms with E-state index in [0.29, 0.717) is 44.0 Å². The Morgan fingerprint density at radius 3 is 2.65 bits per heavy atom. The van der Waals surface area contributed by atoms with Crippen LogP contribution in [0.4, 0.5) is 0 Å². The summed E-state index contributed by atoms with van der Waals surface area (Å²) in [6.07, 6.45) is 0.345. The van der Waals surface area contributed by atoms with Gasteiger partial charge >= 0.3 is 5.97 Å². The molecule has 0 amide bonds. The van der Waals surface area contributed by atoms with E-state index in [9.17, 15) is 9.59 Å². The van der Waals surface area contributed by atoms with Crippen molar-refractivity contribution in [2.75, 3.05) is 26.3 Å². The molecule has 0 unspecified atom stereocenters. The van der Waals surface area contributed by atoms with Crippen LogP contribution in [0.2, 0.25) is 0 Å². The Labute approximate surface area is 119 Å². The van der Waals surface area contributed by atoms with Crippen molar-refractivity contribution in [1.29, 1.82) is 0 Å². The van der Waals surface area contributed by atoms with E-state index < -0.39 is 0 Å². The first kappa shape index (κ1) is 16.2. The van der Waals surface area contributed by atoms with Gasteiger partial charge in [-0.1, -0.05) is 12.1 Å². The fourth-order valence-corrected chi connectivity index (χ4v) is 1.67. The number of carbonyl (C=O) groups is 2. The summed E-state index contributed by atoms with van der Waals surface area (Å²) < 4.78 is 10.4. The van der Waals surface area contributed by atoms with Gasteiger partial charge in [-0.25, -0.2) is 0 Å². The van der Waals surface area contributed by atoms with Gasteiger partial charge in [0.25, 0.3) is 0 Å². The lowest BCUT2D eigenvalue weighted by Crippen LogP contribution is -2.24. The second kappa shape index (κ2) is 9.09. The lowest BCUT2D eigenvalue weighted by atomic mass is 10.1. The number of ketones is 1. The smallest absolute Gasteiger partial charge is 0.307 e. The summed E-state index contributed by atoms with van der Waals surface area (Å²) in [5, 5.41) is 3.08. The number of ether oxygens (including phenoxy) is 2. The molecule has 110 valence electrons. The van der Waals surface area contributed by atoms with Crippen LogP contribution in [-0.4, -0.2) is 38.1 Å².